The molecule has 0 bridgehead atoms. The molecule has 1 fully saturated rings. The summed E-state index contributed by atoms with van der Waals surface area (Å²) < 4.78 is 9.87. The summed E-state index contributed by atoms with van der Waals surface area (Å²) in [6.07, 6.45) is 2.25. The lowest BCUT2D eigenvalue weighted by molar-refractivity contribution is -0.148. The highest BCUT2D eigenvalue weighted by Gasteiger charge is 2.17. The normalized spacial score (nSPS) is 20.2. The first-order valence-corrected chi connectivity index (χ1v) is 4.59. The molecule has 1 aliphatic rings. The third kappa shape index (κ3) is 3.74. The summed E-state index contributed by atoms with van der Waals surface area (Å²) in [5.74, 6) is -0.293. The van der Waals surface area contributed by atoms with Crippen LogP contribution in [0.3, 0.4) is 0 Å². The quantitative estimate of drug-likeness (QED) is 0.594. The van der Waals surface area contributed by atoms with E-state index in [9.17, 15) is 4.79 Å². The Hall–Kier alpha value is -0.610. The van der Waals surface area contributed by atoms with Crippen molar-refractivity contribution in [3.05, 3.63) is 0 Å². The highest BCUT2D eigenvalue weighted by atomic mass is 16.6. The number of esters is 1. The summed E-state index contributed by atoms with van der Waals surface area (Å²) in [5.41, 5.74) is 0. The summed E-state index contributed by atoms with van der Waals surface area (Å²) in [6.45, 7) is 2.18. The van der Waals surface area contributed by atoms with E-state index < -0.39 is 0 Å². The SMILES string of the molecule is COC(=O)COC1CCN(C)CC1. The third-order valence-electron chi connectivity index (χ3n) is 2.33. The van der Waals surface area contributed by atoms with Gasteiger partial charge in [0.05, 0.1) is 13.2 Å². The molecule has 0 saturated carbocycles. The lowest BCUT2D eigenvalue weighted by atomic mass is 10.1. The smallest absolute Gasteiger partial charge is 0.331 e. The Kier molecular flexibility index (Phi) is 4.18. The van der Waals surface area contributed by atoms with Gasteiger partial charge in [-0.15, -0.1) is 0 Å². The number of carbonyl (C=O) groups excluding carboxylic acids is 1. The molecule has 0 aromatic heterocycles. The number of hydrogen-bond donors (Lipinski definition) is 0. The van der Waals surface area contributed by atoms with Gasteiger partial charge in [0.1, 0.15) is 6.61 Å². The molecule has 1 aliphatic heterocycles. The number of hydrogen-bond acceptors (Lipinski definition) is 4. The Morgan fingerprint density at radius 2 is 2.08 bits per heavy atom. The predicted octanol–water partition coefficient (Wildman–Crippen LogP) is 0.270. The monoisotopic (exact) mass is 187 g/mol. The zero-order chi connectivity index (χ0) is 9.68. The van der Waals surface area contributed by atoms with Gasteiger partial charge in [-0.2, -0.15) is 0 Å². The van der Waals surface area contributed by atoms with Gasteiger partial charge < -0.3 is 14.4 Å². The molecule has 1 saturated heterocycles. The predicted molar refractivity (Wildman–Crippen MR) is 48.5 cm³/mol. The second kappa shape index (κ2) is 5.19. The number of piperidine rings is 1. The second-order valence-electron chi connectivity index (χ2n) is 3.39. The largest absolute Gasteiger partial charge is 0.467 e. The molecule has 13 heavy (non-hydrogen) atoms. The molecular weight excluding hydrogens is 170 g/mol. The van der Waals surface area contributed by atoms with Crippen molar-refractivity contribution in [2.45, 2.75) is 18.9 Å². The van der Waals surface area contributed by atoms with E-state index in [4.69, 9.17) is 4.74 Å². The van der Waals surface area contributed by atoms with Crippen molar-refractivity contribution in [2.24, 2.45) is 0 Å². The second-order valence-corrected chi connectivity index (χ2v) is 3.39. The summed E-state index contributed by atoms with van der Waals surface area (Å²) in [7, 11) is 3.47. The number of nitrogens with zero attached hydrogens (tertiary/aromatic N) is 1. The summed E-state index contributed by atoms with van der Waals surface area (Å²) in [6, 6.07) is 0. The van der Waals surface area contributed by atoms with Crippen LogP contribution in [-0.2, 0) is 14.3 Å². The van der Waals surface area contributed by atoms with Crippen molar-refractivity contribution in [2.75, 3.05) is 33.9 Å². The van der Waals surface area contributed by atoms with Crippen LogP contribution in [0.1, 0.15) is 12.8 Å². The summed E-state index contributed by atoms with van der Waals surface area (Å²) >= 11 is 0. The zero-order valence-electron chi connectivity index (χ0n) is 8.28. The highest BCUT2D eigenvalue weighted by molar-refractivity contribution is 5.70. The molecule has 0 atom stereocenters. The lowest BCUT2D eigenvalue weighted by Crippen LogP contribution is -2.35. The van der Waals surface area contributed by atoms with Crippen LogP contribution in [0.2, 0.25) is 0 Å². The standard InChI is InChI=1S/C9H17NO3/c1-10-5-3-8(4-6-10)13-7-9(11)12-2/h8H,3-7H2,1-2H3. The van der Waals surface area contributed by atoms with E-state index in [1.165, 1.54) is 7.11 Å². The van der Waals surface area contributed by atoms with E-state index in [1.807, 2.05) is 0 Å². The van der Waals surface area contributed by atoms with Crippen molar-refractivity contribution < 1.29 is 14.3 Å². The average Bonchev–Trinajstić information content (AvgIpc) is 2.16. The highest BCUT2D eigenvalue weighted by Crippen LogP contribution is 2.11. The Morgan fingerprint density at radius 3 is 2.62 bits per heavy atom. The number of likely N-dealkylation sites (tertiary alicyclic amines) is 1. The minimum Gasteiger partial charge on any atom is -0.467 e. The van der Waals surface area contributed by atoms with Gasteiger partial charge in [-0.1, -0.05) is 0 Å². The van der Waals surface area contributed by atoms with Gasteiger partial charge >= 0.3 is 5.97 Å². The molecule has 4 nitrogen and oxygen atoms in total. The van der Waals surface area contributed by atoms with Crippen LogP contribution in [0, 0.1) is 0 Å². The number of ether oxygens (including phenoxy) is 2. The van der Waals surface area contributed by atoms with Gasteiger partial charge in [0.15, 0.2) is 0 Å². The maximum Gasteiger partial charge on any atom is 0.331 e. The van der Waals surface area contributed by atoms with Crippen LogP contribution in [0.5, 0.6) is 0 Å². The average molecular weight is 187 g/mol. The fraction of sp³-hybridized carbons (Fsp3) is 0.889. The van der Waals surface area contributed by atoms with E-state index in [2.05, 4.69) is 16.7 Å². The Labute approximate surface area is 78.8 Å². The van der Waals surface area contributed by atoms with Gasteiger partial charge in [-0.25, -0.2) is 4.79 Å². The molecule has 1 heterocycles. The Morgan fingerprint density at radius 1 is 1.46 bits per heavy atom. The number of methoxy groups -OCH3 is 1. The first-order valence-electron chi connectivity index (χ1n) is 4.59. The van der Waals surface area contributed by atoms with E-state index in [0.29, 0.717) is 0 Å². The minimum atomic E-state index is -0.293. The van der Waals surface area contributed by atoms with E-state index in [-0.39, 0.29) is 18.7 Å². The van der Waals surface area contributed by atoms with Crippen LogP contribution >= 0.6 is 0 Å². The van der Waals surface area contributed by atoms with Gasteiger partial charge in [0.2, 0.25) is 0 Å². The molecule has 0 aliphatic carbocycles. The van der Waals surface area contributed by atoms with Crippen molar-refractivity contribution in [1.29, 1.82) is 0 Å². The van der Waals surface area contributed by atoms with Crippen molar-refractivity contribution in [1.82, 2.24) is 4.90 Å². The molecule has 0 aromatic rings. The molecule has 76 valence electrons. The van der Waals surface area contributed by atoms with Crippen LogP contribution in [0.15, 0.2) is 0 Å². The number of carbonyl (C=O) groups is 1. The molecule has 0 unspecified atom stereocenters. The van der Waals surface area contributed by atoms with Gasteiger partial charge in [-0.05, 0) is 19.9 Å². The minimum absolute atomic E-state index is 0.0882. The van der Waals surface area contributed by atoms with Gasteiger partial charge in [0, 0.05) is 13.1 Å². The van der Waals surface area contributed by atoms with Crippen LogP contribution < -0.4 is 0 Å². The van der Waals surface area contributed by atoms with Crippen LogP contribution in [0.4, 0.5) is 0 Å². The molecule has 0 aromatic carbocycles. The summed E-state index contributed by atoms with van der Waals surface area (Å²) in [5, 5.41) is 0. The topological polar surface area (TPSA) is 38.8 Å². The Bertz CT molecular complexity index is 164. The van der Waals surface area contributed by atoms with E-state index >= 15 is 0 Å². The first-order chi connectivity index (χ1) is 6.22. The first kappa shape index (κ1) is 10.5. The van der Waals surface area contributed by atoms with Crippen molar-refractivity contribution >= 4 is 5.97 Å². The van der Waals surface area contributed by atoms with Crippen molar-refractivity contribution in [3.63, 3.8) is 0 Å². The number of rotatable bonds is 3. The maximum atomic E-state index is 10.8. The Balaban J connectivity index is 2.12. The zero-order valence-corrected chi connectivity index (χ0v) is 8.28. The van der Waals surface area contributed by atoms with E-state index in [1.54, 1.807) is 0 Å². The summed E-state index contributed by atoms with van der Waals surface area (Å²) in [4.78, 5) is 13.0. The van der Waals surface area contributed by atoms with Gasteiger partial charge in [0.25, 0.3) is 0 Å². The molecule has 4 heteroatoms. The molecule has 0 N–H and O–H groups in total. The third-order valence-corrected chi connectivity index (χ3v) is 2.33. The maximum absolute atomic E-state index is 10.8. The fourth-order valence-corrected chi connectivity index (χ4v) is 1.40. The van der Waals surface area contributed by atoms with Crippen LogP contribution in [0.25, 0.3) is 0 Å². The molecule has 0 amide bonds. The molecule has 1 rings (SSSR count). The van der Waals surface area contributed by atoms with Gasteiger partial charge in [-0.3, -0.25) is 0 Å². The van der Waals surface area contributed by atoms with E-state index in [0.717, 1.165) is 25.9 Å². The fourth-order valence-electron chi connectivity index (χ4n) is 1.40. The molecular formula is C9H17NO3. The van der Waals surface area contributed by atoms with Crippen molar-refractivity contribution in [3.8, 4) is 0 Å². The lowest BCUT2D eigenvalue weighted by Gasteiger charge is -2.28. The molecule has 0 radical (unpaired) electrons. The van der Waals surface area contributed by atoms with Crippen LogP contribution in [-0.4, -0.2) is 50.8 Å². The molecule has 0 spiro atoms.